The molecule has 0 bridgehead atoms. The largest absolute Gasteiger partial charge is 0.508 e. The lowest BCUT2D eigenvalue weighted by Gasteiger charge is -2.02. The molecule has 0 saturated heterocycles. The van der Waals surface area contributed by atoms with E-state index in [0.29, 0.717) is 19.3 Å². The van der Waals surface area contributed by atoms with Gasteiger partial charge >= 0.3 is 0 Å². The van der Waals surface area contributed by atoms with Gasteiger partial charge in [0.15, 0.2) is 10.2 Å². The van der Waals surface area contributed by atoms with E-state index in [0.717, 1.165) is 33.3 Å². The summed E-state index contributed by atoms with van der Waals surface area (Å²) >= 11 is 2.23. The second kappa shape index (κ2) is 8.64. The molecule has 0 spiro atoms. The molecule has 0 radical (unpaired) electrons. The lowest BCUT2D eigenvalue weighted by molar-refractivity contribution is -0.112. The van der Waals surface area contributed by atoms with Crippen molar-refractivity contribution in [3.8, 4) is 11.5 Å². The Morgan fingerprint density at radius 2 is 1.04 bits per heavy atom. The molecule has 0 amide bonds. The summed E-state index contributed by atoms with van der Waals surface area (Å²) in [5.41, 5.74) is 0. The second-order valence-electron chi connectivity index (χ2n) is 4.79. The minimum Gasteiger partial charge on any atom is -0.508 e. The van der Waals surface area contributed by atoms with Crippen LogP contribution in [0.3, 0.4) is 0 Å². The molecule has 0 aliphatic carbocycles. The van der Waals surface area contributed by atoms with Gasteiger partial charge in [-0.05, 0) is 55.0 Å². The van der Waals surface area contributed by atoms with Crippen LogP contribution in [0.15, 0.2) is 58.3 Å². The maximum Gasteiger partial charge on any atom is 0.193 e. The number of phenols is 2. The molecule has 0 unspecified atom stereocenters. The van der Waals surface area contributed by atoms with E-state index in [1.165, 1.54) is 24.3 Å². The van der Waals surface area contributed by atoms with Gasteiger partial charge in [0.25, 0.3) is 0 Å². The zero-order chi connectivity index (χ0) is 16.7. The van der Waals surface area contributed by atoms with Crippen LogP contribution < -0.4 is 0 Å². The van der Waals surface area contributed by atoms with Gasteiger partial charge in [0.2, 0.25) is 0 Å². The number of carbonyl (C=O) groups excluding carboxylic acids is 2. The van der Waals surface area contributed by atoms with Crippen molar-refractivity contribution >= 4 is 33.8 Å². The van der Waals surface area contributed by atoms with E-state index in [9.17, 15) is 19.8 Å². The van der Waals surface area contributed by atoms with Gasteiger partial charge in [-0.15, -0.1) is 0 Å². The number of phenolic OH excluding ortho intramolecular Hbond substituents is 2. The van der Waals surface area contributed by atoms with E-state index < -0.39 is 0 Å². The second-order valence-corrected chi connectivity index (χ2v) is 7.05. The Kier molecular flexibility index (Phi) is 6.55. The molecule has 0 aromatic heterocycles. The standard InChI is InChI=1S/C17H16O4S2/c18-12-4-8-14(9-5-12)22-16(20)2-1-3-17(21)23-15-10-6-13(19)7-11-15/h4-11,18-19H,1-3H2. The molecule has 2 rings (SSSR count). The fourth-order valence-corrected chi connectivity index (χ4v) is 3.33. The third kappa shape index (κ3) is 6.38. The molecule has 2 aromatic carbocycles. The lowest BCUT2D eigenvalue weighted by Crippen LogP contribution is -1.96. The van der Waals surface area contributed by atoms with Crippen molar-refractivity contribution in [2.75, 3.05) is 0 Å². The summed E-state index contributed by atoms with van der Waals surface area (Å²) in [6.45, 7) is 0. The summed E-state index contributed by atoms with van der Waals surface area (Å²) in [7, 11) is 0. The van der Waals surface area contributed by atoms with Gasteiger partial charge in [-0.2, -0.15) is 0 Å². The monoisotopic (exact) mass is 348 g/mol. The molecule has 2 N–H and O–H groups in total. The van der Waals surface area contributed by atoms with E-state index in [1.54, 1.807) is 24.3 Å². The van der Waals surface area contributed by atoms with Gasteiger partial charge in [-0.3, -0.25) is 9.59 Å². The van der Waals surface area contributed by atoms with Crippen LogP contribution in [0, 0.1) is 0 Å². The topological polar surface area (TPSA) is 74.6 Å². The molecule has 0 aliphatic heterocycles. The predicted molar refractivity (Wildman–Crippen MR) is 91.8 cm³/mol. The van der Waals surface area contributed by atoms with Gasteiger partial charge in [0.1, 0.15) is 11.5 Å². The average Bonchev–Trinajstić information content (AvgIpc) is 2.52. The fourth-order valence-electron chi connectivity index (χ4n) is 1.77. The van der Waals surface area contributed by atoms with E-state index in [-0.39, 0.29) is 21.7 Å². The summed E-state index contributed by atoms with van der Waals surface area (Å²) in [5, 5.41) is 18.4. The van der Waals surface area contributed by atoms with Crippen LogP contribution in [0.25, 0.3) is 0 Å². The molecule has 4 nitrogen and oxygen atoms in total. The molecule has 120 valence electrons. The quantitative estimate of drug-likeness (QED) is 0.762. The Morgan fingerprint density at radius 3 is 1.39 bits per heavy atom. The summed E-state index contributed by atoms with van der Waals surface area (Å²) in [6, 6.07) is 12.9. The number of hydrogen-bond donors (Lipinski definition) is 2. The molecule has 0 saturated carbocycles. The summed E-state index contributed by atoms with van der Waals surface area (Å²) in [5.74, 6) is 0.331. The molecule has 0 atom stereocenters. The van der Waals surface area contributed by atoms with Crippen LogP contribution in [-0.4, -0.2) is 20.4 Å². The molecule has 23 heavy (non-hydrogen) atoms. The van der Waals surface area contributed by atoms with Gasteiger partial charge in [0, 0.05) is 22.6 Å². The van der Waals surface area contributed by atoms with Crippen molar-refractivity contribution in [2.45, 2.75) is 29.1 Å². The van der Waals surface area contributed by atoms with E-state index in [4.69, 9.17) is 0 Å². The van der Waals surface area contributed by atoms with Crippen LogP contribution in [0.2, 0.25) is 0 Å². The van der Waals surface area contributed by atoms with Crippen LogP contribution in [-0.2, 0) is 9.59 Å². The molecule has 0 aliphatic rings. The number of benzene rings is 2. The summed E-state index contributed by atoms with van der Waals surface area (Å²) in [4.78, 5) is 25.2. The van der Waals surface area contributed by atoms with Crippen molar-refractivity contribution in [3.05, 3.63) is 48.5 Å². The minimum absolute atomic E-state index is 0.00174. The smallest absolute Gasteiger partial charge is 0.193 e. The van der Waals surface area contributed by atoms with Crippen LogP contribution in [0.1, 0.15) is 19.3 Å². The Labute approximate surface area is 142 Å². The van der Waals surface area contributed by atoms with Gasteiger partial charge < -0.3 is 10.2 Å². The first kappa shape index (κ1) is 17.4. The lowest BCUT2D eigenvalue weighted by atomic mass is 10.3. The highest BCUT2D eigenvalue weighted by Gasteiger charge is 2.09. The first-order valence-electron chi connectivity index (χ1n) is 7.02. The molecule has 6 heteroatoms. The minimum atomic E-state index is -0.00174. The van der Waals surface area contributed by atoms with Crippen LogP contribution in [0.5, 0.6) is 11.5 Å². The maximum atomic E-state index is 11.8. The zero-order valence-electron chi connectivity index (χ0n) is 12.3. The van der Waals surface area contributed by atoms with Gasteiger partial charge in [0.05, 0.1) is 0 Å². The SMILES string of the molecule is O=C(CCCC(=O)Sc1ccc(O)cc1)Sc1ccc(O)cc1. The highest BCUT2D eigenvalue weighted by molar-refractivity contribution is 8.14. The summed E-state index contributed by atoms with van der Waals surface area (Å²) < 4.78 is 0. The highest BCUT2D eigenvalue weighted by atomic mass is 32.2. The Balaban J connectivity index is 1.69. The summed E-state index contributed by atoms with van der Waals surface area (Å²) in [6.07, 6.45) is 1.16. The Morgan fingerprint density at radius 1 is 0.696 bits per heavy atom. The van der Waals surface area contributed by atoms with Crippen molar-refractivity contribution in [1.82, 2.24) is 0 Å². The maximum absolute atomic E-state index is 11.8. The number of aromatic hydroxyl groups is 2. The number of hydrogen-bond acceptors (Lipinski definition) is 6. The Hall–Kier alpha value is -1.92. The third-order valence-corrected chi connectivity index (χ3v) is 4.78. The van der Waals surface area contributed by atoms with Crippen molar-refractivity contribution < 1.29 is 19.8 Å². The third-order valence-electron chi connectivity index (χ3n) is 2.90. The normalized spacial score (nSPS) is 10.4. The fraction of sp³-hybridized carbons (Fsp3) is 0.176. The number of thioether (sulfide) groups is 2. The van der Waals surface area contributed by atoms with Crippen molar-refractivity contribution in [3.63, 3.8) is 0 Å². The Bertz CT molecular complexity index is 606. The predicted octanol–water partition coefficient (Wildman–Crippen LogP) is 4.21. The number of carbonyl (C=O) groups is 2. The molecule has 0 heterocycles. The first-order chi connectivity index (χ1) is 11.0. The van der Waals surface area contributed by atoms with E-state index in [2.05, 4.69) is 0 Å². The zero-order valence-corrected chi connectivity index (χ0v) is 13.9. The van der Waals surface area contributed by atoms with Crippen molar-refractivity contribution in [1.29, 1.82) is 0 Å². The average molecular weight is 348 g/mol. The molecular weight excluding hydrogens is 332 g/mol. The van der Waals surface area contributed by atoms with Crippen LogP contribution in [0.4, 0.5) is 0 Å². The van der Waals surface area contributed by atoms with Crippen LogP contribution >= 0.6 is 23.5 Å². The van der Waals surface area contributed by atoms with E-state index >= 15 is 0 Å². The van der Waals surface area contributed by atoms with Crippen molar-refractivity contribution in [2.24, 2.45) is 0 Å². The molecule has 0 fully saturated rings. The molecular formula is C17H16O4S2. The van der Waals surface area contributed by atoms with E-state index in [1.807, 2.05) is 0 Å². The highest BCUT2D eigenvalue weighted by Crippen LogP contribution is 2.25. The first-order valence-corrected chi connectivity index (χ1v) is 8.65. The van der Waals surface area contributed by atoms with Gasteiger partial charge in [-0.1, -0.05) is 23.5 Å². The molecule has 2 aromatic rings. The van der Waals surface area contributed by atoms with Gasteiger partial charge in [-0.25, -0.2) is 0 Å². The number of rotatable bonds is 6.